The van der Waals surface area contributed by atoms with Crippen molar-refractivity contribution >= 4 is 19.9 Å². The van der Waals surface area contributed by atoms with Gasteiger partial charge in [0.25, 0.3) is 0 Å². The number of halogens is 1. The van der Waals surface area contributed by atoms with E-state index in [9.17, 15) is 21.2 Å². The molecule has 2 aromatic carbocycles. The first-order chi connectivity index (χ1) is 11.5. The monoisotopic (exact) mass is 387 g/mol. The first kappa shape index (κ1) is 19.4. The number of hydrogen-bond donors (Lipinski definition) is 1. The molecule has 0 unspecified atom stereocenters. The van der Waals surface area contributed by atoms with Crippen molar-refractivity contribution in [2.75, 3.05) is 13.4 Å². The van der Waals surface area contributed by atoms with Crippen LogP contribution >= 0.6 is 0 Å². The van der Waals surface area contributed by atoms with Crippen LogP contribution in [0.1, 0.15) is 18.5 Å². The molecule has 9 heteroatoms. The lowest BCUT2D eigenvalue weighted by Crippen LogP contribution is -2.27. The van der Waals surface area contributed by atoms with Crippen molar-refractivity contribution in [3.05, 3.63) is 53.8 Å². The maximum absolute atomic E-state index is 13.7. The minimum atomic E-state index is -3.96. The molecule has 25 heavy (non-hydrogen) atoms. The SMILES string of the molecule is COc1ccc(S(=O)(=O)N[C@H](C)c2ccc(S(C)(=O)=O)cc2)cc1F. The predicted octanol–water partition coefficient (Wildman–Crippen LogP) is 2.28. The summed E-state index contributed by atoms with van der Waals surface area (Å²) >= 11 is 0. The van der Waals surface area contributed by atoms with E-state index in [0.717, 1.165) is 12.3 Å². The summed E-state index contributed by atoms with van der Waals surface area (Å²) in [6, 6.07) is 8.57. The van der Waals surface area contributed by atoms with Crippen LogP contribution < -0.4 is 9.46 Å². The molecule has 0 aromatic heterocycles. The smallest absolute Gasteiger partial charge is 0.241 e. The van der Waals surface area contributed by atoms with E-state index in [1.165, 1.54) is 43.5 Å². The Morgan fingerprint density at radius 3 is 2.04 bits per heavy atom. The third kappa shape index (κ3) is 4.56. The fourth-order valence-electron chi connectivity index (χ4n) is 2.19. The summed E-state index contributed by atoms with van der Waals surface area (Å²) in [6.45, 7) is 1.60. The zero-order valence-electron chi connectivity index (χ0n) is 13.9. The van der Waals surface area contributed by atoms with Crippen LogP contribution in [0, 0.1) is 5.82 Å². The molecule has 0 fully saturated rings. The summed E-state index contributed by atoms with van der Waals surface area (Å²) in [5.41, 5.74) is 0.574. The van der Waals surface area contributed by atoms with E-state index in [0.29, 0.717) is 5.56 Å². The van der Waals surface area contributed by atoms with Gasteiger partial charge in [-0.15, -0.1) is 0 Å². The van der Waals surface area contributed by atoms with E-state index in [-0.39, 0.29) is 15.5 Å². The van der Waals surface area contributed by atoms with Crippen molar-refractivity contribution < 1.29 is 26.0 Å². The van der Waals surface area contributed by atoms with E-state index in [4.69, 9.17) is 4.74 Å². The summed E-state index contributed by atoms with van der Waals surface area (Å²) < 4.78 is 68.6. The molecule has 0 aliphatic carbocycles. The highest BCUT2D eigenvalue weighted by molar-refractivity contribution is 7.90. The molecule has 0 spiro atoms. The number of hydrogen-bond acceptors (Lipinski definition) is 5. The van der Waals surface area contributed by atoms with Gasteiger partial charge in [0.2, 0.25) is 10.0 Å². The van der Waals surface area contributed by atoms with E-state index < -0.39 is 31.7 Å². The van der Waals surface area contributed by atoms with Gasteiger partial charge in [-0.25, -0.2) is 25.9 Å². The summed E-state index contributed by atoms with van der Waals surface area (Å²) in [5.74, 6) is -0.834. The van der Waals surface area contributed by atoms with Gasteiger partial charge in [0.1, 0.15) is 0 Å². The van der Waals surface area contributed by atoms with Crippen LogP contribution in [0.2, 0.25) is 0 Å². The lowest BCUT2D eigenvalue weighted by molar-refractivity contribution is 0.385. The third-order valence-electron chi connectivity index (χ3n) is 3.57. The van der Waals surface area contributed by atoms with Crippen molar-refractivity contribution in [1.82, 2.24) is 4.72 Å². The number of methoxy groups -OCH3 is 1. The average Bonchev–Trinajstić information content (AvgIpc) is 2.53. The van der Waals surface area contributed by atoms with E-state index >= 15 is 0 Å². The number of rotatable bonds is 6. The molecule has 0 aliphatic rings. The second-order valence-electron chi connectivity index (χ2n) is 5.48. The molecule has 2 aromatic rings. The van der Waals surface area contributed by atoms with Crippen LogP contribution in [0.15, 0.2) is 52.3 Å². The Hall–Kier alpha value is -1.97. The zero-order chi connectivity index (χ0) is 18.8. The van der Waals surface area contributed by atoms with E-state index in [1.807, 2.05) is 0 Å². The largest absolute Gasteiger partial charge is 0.494 e. The minimum absolute atomic E-state index is 0.0524. The topological polar surface area (TPSA) is 89.5 Å². The van der Waals surface area contributed by atoms with Gasteiger partial charge in [0.05, 0.1) is 16.9 Å². The van der Waals surface area contributed by atoms with Gasteiger partial charge in [-0.1, -0.05) is 12.1 Å². The predicted molar refractivity (Wildman–Crippen MR) is 91.2 cm³/mol. The highest BCUT2D eigenvalue weighted by atomic mass is 32.2. The van der Waals surface area contributed by atoms with Crippen LogP contribution in [0.25, 0.3) is 0 Å². The zero-order valence-corrected chi connectivity index (χ0v) is 15.5. The third-order valence-corrected chi connectivity index (χ3v) is 6.24. The summed E-state index contributed by atoms with van der Waals surface area (Å²) in [5, 5.41) is 0. The quantitative estimate of drug-likeness (QED) is 0.821. The van der Waals surface area contributed by atoms with E-state index in [2.05, 4.69) is 4.72 Å². The maximum Gasteiger partial charge on any atom is 0.241 e. The summed E-state index contributed by atoms with van der Waals surface area (Å²) in [4.78, 5) is -0.0889. The van der Waals surface area contributed by atoms with Gasteiger partial charge in [-0.2, -0.15) is 0 Å². The van der Waals surface area contributed by atoms with E-state index in [1.54, 1.807) is 6.92 Å². The van der Waals surface area contributed by atoms with Crippen molar-refractivity contribution in [1.29, 1.82) is 0 Å². The average molecular weight is 387 g/mol. The number of benzene rings is 2. The Morgan fingerprint density at radius 1 is 1.00 bits per heavy atom. The molecule has 0 radical (unpaired) electrons. The van der Waals surface area contributed by atoms with Crippen molar-refractivity contribution in [2.24, 2.45) is 0 Å². The second kappa shape index (κ2) is 7.11. The van der Waals surface area contributed by atoms with Crippen LogP contribution in [-0.2, 0) is 19.9 Å². The van der Waals surface area contributed by atoms with Crippen molar-refractivity contribution in [2.45, 2.75) is 22.8 Å². The maximum atomic E-state index is 13.7. The number of ether oxygens (including phenoxy) is 1. The molecular formula is C16H18FNO5S2. The molecule has 0 amide bonds. The lowest BCUT2D eigenvalue weighted by atomic mass is 10.1. The van der Waals surface area contributed by atoms with Gasteiger partial charge < -0.3 is 4.74 Å². The molecule has 6 nitrogen and oxygen atoms in total. The molecule has 0 saturated heterocycles. The van der Waals surface area contributed by atoms with Crippen LogP contribution in [0.5, 0.6) is 5.75 Å². The lowest BCUT2D eigenvalue weighted by Gasteiger charge is -2.15. The molecular weight excluding hydrogens is 369 g/mol. The molecule has 1 atom stereocenters. The minimum Gasteiger partial charge on any atom is -0.494 e. The highest BCUT2D eigenvalue weighted by Gasteiger charge is 2.20. The Kier molecular flexibility index (Phi) is 5.50. The first-order valence-electron chi connectivity index (χ1n) is 7.20. The van der Waals surface area contributed by atoms with Gasteiger partial charge in [0, 0.05) is 12.3 Å². The van der Waals surface area contributed by atoms with Gasteiger partial charge in [-0.3, -0.25) is 0 Å². The second-order valence-corrected chi connectivity index (χ2v) is 9.21. The van der Waals surface area contributed by atoms with Crippen LogP contribution in [-0.4, -0.2) is 30.2 Å². The van der Waals surface area contributed by atoms with Gasteiger partial charge >= 0.3 is 0 Å². The first-order valence-corrected chi connectivity index (χ1v) is 10.6. The summed E-state index contributed by atoms with van der Waals surface area (Å²) in [6.07, 6.45) is 1.09. The molecule has 0 saturated carbocycles. The molecule has 0 aliphatic heterocycles. The highest BCUT2D eigenvalue weighted by Crippen LogP contribution is 2.23. The Morgan fingerprint density at radius 2 is 1.56 bits per heavy atom. The molecule has 2 rings (SSSR count). The Bertz CT molecular complexity index is 970. The molecule has 0 bridgehead atoms. The number of sulfone groups is 1. The van der Waals surface area contributed by atoms with Crippen molar-refractivity contribution in [3.63, 3.8) is 0 Å². The van der Waals surface area contributed by atoms with Gasteiger partial charge in [-0.05, 0) is 42.8 Å². The van der Waals surface area contributed by atoms with Crippen LogP contribution in [0.3, 0.4) is 0 Å². The normalized spacial score (nSPS) is 13.4. The number of sulfonamides is 1. The Balaban J connectivity index is 2.24. The van der Waals surface area contributed by atoms with Crippen LogP contribution in [0.4, 0.5) is 4.39 Å². The van der Waals surface area contributed by atoms with Crippen molar-refractivity contribution in [3.8, 4) is 5.75 Å². The molecule has 136 valence electrons. The standard InChI is InChI=1S/C16H18FNO5S2/c1-11(12-4-6-13(7-5-12)24(3,19)20)18-25(21,22)14-8-9-16(23-2)15(17)10-14/h4-11,18H,1-3H3/t11-/m1/s1. The molecule has 1 N–H and O–H groups in total. The summed E-state index contributed by atoms with van der Waals surface area (Å²) in [7, 11) is -6.00. The fraction of sp³-hybridized carbons (Fsp3) is 0.250. The Labute approximate surface area is 146 Å². The van der Waals surface area contributed by atoms with Gasteiger partial charge in [0.15, 0.2) is 21.4 Å². The fourth-order valence-corrected chi connectivity index (χ4v) is 4.06. The number of nitrogens with one attached hydrogen (secondary N) is 1. The molecule has 0 heterocycles.